The zero-order valence-electron chi connectivity index (χ0n) is 13.5. The van der Waals surface area contributed by atoms with Gasteiger partial charge in [-0.25, -0.2) is 4.79 Å². The Balaban J connectivity index is 1.97. The molecule has 1 aliphatic heterocycles. The molecular formula is C16H19Cl2N3O3. The zero-order chi connectivity index (χ0) is 17.9. The minimum Gasteiger partial charge on any atom is -0.340 e. The number of carbonyl (C=O) groups is 3. The van der Waals surface area contributed by atoms with Crippen molar-refractivity contribution < 1.29 is 14.4 Å². The fraction of sp³-hybridized carbons (Fsp3) is 0.438. The number of benzene rings is 1. The van der Waals surface area contributed by atoms with Crippen LogP contribution < -0.4 is 5.32 Å². The number of imide groups is 1. The summed E-state index contributed by atoms with van der Waals surface area (Å²) in [6, 6.07) is 4.05. The van der Waals surface area contributed by atoms with Crippen LogP contribution in [0.5, 0.6) is 0 Å². The molecule has 6 nitrogen and oxygen atoms in total. The van der Waals surface area contributed by atoms with E-state index in [9.17, 15) is 14.4 Å². The van der Waals surface area contributed by atoms with Gasteiger partial charge in [0.1, 0.15) is 12.6 Å². The minimum absolute atomic E-state index is 0.275. The van der Waals surface area contributed by atoms with Crippen molar-refractivity contribution in [2.45, 2.75) is 32.4 Å². The fourth-order valence-electron chi connectivity index (χ4n) is 2.47. The third kappa shape index (κ3) is 4.19. The summed E-state index contributed by atoms with van der Waals surface area (Å²) in [6.07, 6.45) is 1.34. The number of rotatable bonds is 6. The molecule has 1 atom stereocenters. The highest BCUT2D eigenvalue weighted by Crippen LogP contribution is 2.23. The Morgan fingerprint density at radius 2 is 2.00 bits per heavy atom. The number of nitrogens with one attached hydrogen (secondary N) is 1. The van der Waals surface area contributed by atoms with Crippen LogP contribution in [0.1, 0.15) is 25.3 Å². The third-order valence-corrected chi connectivity index (χ3v) is 4.55. The van der Waals surface area contributed by atoms with Crippen LogP contribution in [0.15, 0.2) is 18.2 Å². The summed E-state index contributed by atoms with van der Waals surface area (Å²) in [5.74, 6) is -0.681. The van der Waals surface area contributed by atoms with Crippen LogP contribution in [0.25, 0.3) is 0 Å². The van der Waals surface area contributed by atoms with E-state index >= 15 is 0 Å². The molecule has 1 aromatic carbocycles. The van der Waals surface area contributed by atoms with Crippen LogP contribution in [0.3, 0.4) is 0 Å². The quantitative estimate of drug-likeness (QED) is 0.781. The number of urea groups is 1. The van der Waals surface area contributed by atoms with Crippen molar-refractivity contribution in [3.05, 3.63) is 33.8 Å². The maximum absolute atomic E-state index is 12.3. The maximum Gasteiger partial charge on any atom is 0.325 e. The molecule has 4 amide bonds. The molecule has 24 heavy (non-hydrogen) atoms. The van der Waals surface area contributed by atoms with E-state index in [0.717, 1.165) is 16.9 Å². The number of hydrogen-bond donors (Lipinski definition) is 1. The van der Waals surface area contributed by atoms with E-state index in [1.165, 1.54) is 4.90 Å². The summed E-state index contributed by atoms with van der Waals surface area (Å²) in [5, 5.41) is 3.45. The molecule has 8 heteroatoms. The lowest BCUT2D eigenvalue weighted by molar-refractivity contribution is -0.136. The lowest BCUT2D eigenvalue weighted by Crippen LogP contribution is -2.41. The van der Waals surface area contributed by atoms with E-state index in [1.54, 1.807) is 25.2 Å². The molecule has 0 aromatic heterocycles. The van der Waals surface area contributed by atoms with Gasteiger partial charge in [-0.05, 0) is 24.1 Å². The van der Waals surface area contributed by atoms with Gasteiger partial charge in [0, 0.05) is 13.6 Å². The Labute approximate surface area is 150 Å². The lowest BCUT2D eigenvalue weighted by Gasteiger charge is -2.20. The number of hydrogen-bond acceptors (Lipinski definition) is 3. The molecule has 1 aliphatic rings. The Hall–Kier alpha value is -1.79. The molecule has 1 saturated heterocycles. The van der Waals surface area contributed by atoms with Gasteiger partial charge in [-0.3, -0.25) is 14.5 Å². The van der Waals surface area contributed by atoms with E-state index in [2.05, 4.69) is 5.32 Å². The molecule has 0 aliphatic carbocycles. The van der Waals surface area contributed by atoms with Gasteiger partial charge in [-0.1, -0.05) is 42.6 Å². The van der Waals surface area contributed by atoms with E-state index in [-0.39, 0.29) is 18.4 Å². The maximum atomic E-state index is 12.3. The average molecular weight is 372 g/mol. The van der Waals surface area contributed by atoms with Crippen LogP contribution in [0, 0.1) is 0 Å². The predicted molar refractivity (Wildman–Crippen MR) is 91.9 cm³/mol. The van der Waals surface area contributed by atoms with Crippen LogP contribution in [-0.2, 0) is 16.1 Å². The molecule has 2 rings (SSSR count). The van der Waals surface area contributed by atoms with Crippen molar-refractivity contribution >= 4 is 41.0 Å². The Kier molecular flexibility index (Phi) is 6.07. The van der Waals surface area contributed by atoms with Crippen molar-refractivity contribution in [3.63, 3.8) is 0 Å². The molecule has 130 valence electrons. The molecule has 0 bridgehead atoms. The summed E-state index contributed by atoms with van der Waals surface area (Å²) in [4.78, 5) is 38.7. The van der Waals surface area contributed by atoms with Crippen molar-refractivity contribution in [2.24, 2.45) is 0 Å². The van der Waals surface area contributed by atoms with Crippen molar-refractivity contribution in [1.29, 1.82) is 0 Å². The van der Waals surface area contributed by atoms with Gasteiger partial charge in [0.2, 0.25) is 5.91 Å². The first-order chi connectivity index (χ1) is 11.3. The predicted octanol–water partition coefficient (Wildman–Crippen LogP) is 2.67. The molecule has 0 spiro atoms. The monoisotopic (exact) mass is 371 g/mol. The summed E-state index contributed by atoms with van der Waals surface area (Å²) in [7, 11) is 1.60. The topological polar surface area (TPSA) is 69.7 Å². The van der Waals surface area contributed by atoms with Crippen LogP contribution in [0.4, 0.5) is 4.79 Å². The first kappa shape index (κ1) is 18.5. The third-order valence-electron chi connectivity index (χ3n) is 3.81. The van der Waals surface area contributed by atoms with Crippen LogP contribution in [0.2, 0.25) is 10.0 Å². The van der Waals surface area contributed by atoms with Crippen molar-refractivity contribution in [3.8, 4) is 0 Å². The van der Waals surface area contributed by atoms with Crippen molar-refractivity contribution in [1.82, 2.24) is 15.1 Å². The highest BCUT2D eigenvalue weighted by molar-refractivity contribution is 6.42. The Bertz CT molecular complexity index is 666. The smallest absolute Gasteiger partial charge is 0.325 e. The van der Waals surface area contributed by atoms with E-state index in [0.29, 0.717) is 23.0 Å². The lowest BCUT2D eigenvalue weighted by atomic mass is 10.1. The summed E-state index contributed by atoms with van der Waals surface area (Å²) in [6.45, 7) is 1.96. The number of halogens is 2. The van der Waals surface area contributed by atoms with Gasteiger partial charge >= 0.3 is 6.03 Å². The molecule has 1 heterocycles. The van der Waals surface area contributed by atoms with Crippen LogP contribution in [-0.4, -0.2) is 47.3 Å². The summed E-state index contributed by atoms with van der Waals surface area (Å²) < 4.78 is 0. The van der Waals surface area contributed by atoms with Gasteiger partial charge in [0.05, 0.1) is 10.0 Å². The van der Waals surface area contributed by atoms with E-state index in [1.807, 2.05) is 6.92 Å². The average Bonchev–Trinajstić information content (AvgIpc) is 2.79. The second-order valence-corrected chi connectivity index (χ2v) is 6.53. The number of likely N-dealkylation sites (N-methyl/N-ethyl adjacent to an activating group) is 1. The number of carbonyl (C=O) groups excluding carboxylic acids is 3. The molecular weight excluding hydrogens is 353 g/mol. The van der Waals surface area contributed by atoms with E-state index < -0.39 is 12.1 Å². The SMILES string of the molecule is CCCC1NC(=O)N(CC(=O)N(C)Cc2ccc(Cl)c(Cl)c2)C1=O. The van der Waals surface area contributed by atoms with Crippen LogP contribution >= 0.6 is 23.2 Å². The molecule has 1 fully saturated rings. The number of amides is 4. The minimum atomic E-state index is -0.532. The molecule has 0 saturated carbocycles. The highest BCUT2D eigenvalue weighted by Gasteiger charge is 2.38. The van der Waals surface area contributed by atoms with Gasteiger partial charge < -0.3 is 10.2 Å². The zero-order valence-corrected chi connectivity index (χ0v) is 15.0. The summed E-state index contributed by atoms with van der Waals surface area (Å²) in [5.41, 5.74) is 0.807. The van der Waals surface area contributed by atoms with Gasteiger partial charge in [0.25, 0.3) is 5.91 Å². The molecule has 1 N–H and O–H groups in total. The molecule has 1 aromatic rings. The first-order valence-corrected chi connectivity index (χ1v) is 8.38. The van der Waals surface area contributed by atoms with Gasteiger partial charge in [-0.2, -0.15) is 0 Å². The second-order valence-electron chi connectivity index (χ2n) is 5.71. The first-order valence-electron chi connectivity index (χ1n) is 7.63. The Morgan fingerprint density at radius 3 is 2.62 bits per heavy atom. The second kappa shape index (κ2) is 7.85. The number of nitrogens with zero attached hydrogens (tertiary/aromatic N) is 2. The highest BCUT2D eigenvalue weighted by atomic mass is 35.5. The van der Waals surface area contributed by atoms with Crippen molar-refractivity contribution in [2.75, 3.05) is 13.6 Å². The normalized spacial score (nSPS) is 17.2. The van der Waals surface area contributed by atoms with Gasteiger partial charge in [-0.15, -0.1) is 0 Å². The fourth-order valence-corrected chi connectivity index (χ4v) is 2.79. The summed E-state index contributed by atoms with van der Waals surface area (Å²) >= 11 is 11.8. The molecule has 1 unspecified atom stereocenters. The largest absolute Gasteiger partial charge is 0.340 e. The Morgan fingerprint density at radius 1 is 1.29 bits per heavy atom. The van der Waals surface area contributed by atoms with Gasteiger partial charge in [0.15, 0.2) is 0 Å². The molecule has 0 radical (unpaired) electrons. The van der Waals surface area contributed by atoms with E-state index in [4.69, 9.17) is 23.2 Å². The standard InChI is InChI=1S/C16H19Cl2N3O3/c1-3-4-13-15(23)21(16(24)19-13)9-14(22)20(2)8-10-5-6-11(17)12(18)7-10/h5-7,13H,3-4,8-9H2,1-2H3,(H,19,24).